The summed E-state index contributed by atoms with van der Waals surface area (Å²) < 4.78 is 21.2. The zero-order valence-corrected chi connectivity index (χ0v) is 22.1. The Morgan fingerprint density at radius 2 is 1.68 bits per heavy atom. The molecule has 1 aliphatic heterocycles. The zero-order valence-electron chi connectivity index (χ0n) is 22.1. The normalized spacial score (nSPS) is 13.4. The summed E-state index contributed by atoms with van der Waals surface area (Å²) in [5.74, 6) is 0.357. The van der Waals surface area contributed by atoms with Crippen molar-refractivity contribution in [3.05, 3.63) is 82.9 Å². The Labute approximate surface area is 222 Å². The second kappa shape index (κ2) is 12.2. The van der Waals surface area contributed by atoms with E-state index in [0.29, 0.717) is 11.5 Å². The van der Waals surface area contributed by atoms with Crippen LogP contribution in [0.15, 0.2) is 60.7 Å². The lowest BCUT2D eigenvalue weighted by Crippen LogP contribution is -2.32. The number of phenols is 1. The van der Waals surface area contributed by atoms with E-state index in [4.69, 9.17) is 24.1 Å². The standard InChI is InChI=1S/C17H16O4.C13H16O4/c1-20-13-10-15(19)17(16(11-13)21-2)14(18)9-8-12-6-4-3-5-7-12;1-13(2)7-6-8-10(17-13)5-4-9(12(14)15)11(8)16-3/h3-11,19H,1-2H3;4-5H,6-7H2,1-3H3,(H,14,15). The highest BCUT2D eigenvalue weighted by molar-refractivity contribution is 6.10. The van der Waals surface area contributed by atoms with Crippen LogP contribution in [-0.4, -0.2) is 48.9 Å². The summed E-state index contributed by atoms with van der Waals surface area (Å²) >= 11 is 0. The van der Waals surface area contributed by atoms with E-state index < -0.39 is 5.97 Å². The largest absolute Gasteiger partial charge is 0.507 e. The third kappa shape index (κ3) is 6.64. The van der Waals surface area contributed by atoms with Crippen LogP contribution < -0.4 is 18.9 Å². The molecule has 0 fully saturated rings. The van der Waals surface area contributed by atoms with Crippen LogP contribution in [0.4, 0.5) is 0 Å². The first-order valence-electron chi connectivity index (χ1n) is 11.9. The number of fused-ring (bicyclic) bond motifs is 1. The van der Waals surface area contributed by atoms with Crippen LogP contribution in [0.25, 0.3) is 6.08 Å². The van der Waals surface area contributed by atoms with E-state index in [9.17, 15) is 14.7 Å². The van der Waals surface area contributed by atoms with Gasteiger partial charge in [-0.25, -0.2) is 4.79 Å². The number of carbonyl (C=O) groups excluding carboxylic acids is 1. The van der Waals surface area contributed by atoms with E-state index in [1.165, 1.54) is 39.5 Å². The maximum atomic E-state index is 12.3. The van der Waals surface area contributed by atoms with Crippen LogP contribution in [0.1, 0.15) is 52.1 Å². The van der Waals surface area contributed by atoms with Crippen LogP contribution in [0.5, 0.6) is 28.7 Å². The molecule has 0 unspecified atom stereocenters. The minimum atomic E-state index is -0.977. The molecule has 0 aromatic heterocycles. The van der Waals surface area contributed by atoms with Crippen molar-refractivity contribution in [2.75, 3.05) is 21.3 Å². The molecule has 3 aromatic carbocycles. The average molecular weight is 521 g/mol. The number of methoxy groups -OCH3 is 3. The number of rotatable bonds is 7. The molecule has 8 heteroatoms. The topological polar surface area (TPSA) is 112 Å². The van der Waals surface area contributed by atoms with Crippen LogP contribution >= 0.6 is 0 Å². The van der Waals surface area contributed by atoms with Gasteiger partial charge in [0.2, 0.25) is 0 Å². The molecule has 2 N–H and O–H groups in total. The van der Waals surface area contributed by atoms with Crippen molar-refractivity contribution in [2.24, 2.45) is 0 Å². The average Bonchev–Trinajstić information content (AvgIpc) is 2.90. The molecule has 0 spiro atoms. The third-order valence-electron chi connectivity index (χ3n) is 6.00. The highest BCUT2D eigenvalue weighted by atomic mass is 16.5. The third-order valence-corrected chi connectivity index (χ3v) is 6.00. The first-order chi connectivity index (χ1) is 18.1. The van der Waals surface area contributed by atoms with E-state index in [1.54, 1.807) is 18.2 Å². The molecule has 0 amide bonds. The van der Waals surface area contributed by atoms with Crippen molar-refractivity contribution in [2.45, 2.75) is 32.3 Å². The van der Waals surface area contributed by atoms with Gasteiger partial charge in [0.05, 0.1) is 21.3 Å². The zero-order chi connectivity index (χ0) is 27.9. The Morgan fingerprint density at radius 1 is 0.974 bits per heavy atom. The summed E-state index contributed by atoms with van der Waals surface area (Å²) in [6.45, 7) is 4.04. The van der Waals surface area contributed by atoms with Gasteiger partial charge in [0.1, 0.15) is 45.5 Å². The number of benzene rings is 3. The van der Waals surface area contributed by atoms with Gasteiger partial charge >= 0.3 is 5.97 Å². The molecule has 1 heterocycles. The van der Waals surface area contributed by atoms with Crippen LogP contribution in [0.3, 0.4) is 0 Å². The number of hydrogen-bond acceptors (Lipinski definition) is 7. The molecule has 0 bridgehead atoms. The molecule has 0 saturated heterocycles. The first kappa shape index (κ1) is 28.1. The number of carboxylic acids is 1. The quantitative estimate of drug-likeness (QED) is 0.297. The number of allylic oxidation sites excluding steroid dienone is 1. The number of aromatic carboxylic acids is 1. The second-order valence-corrected chi connectivity index (χ2v) is 9.12. The van der Waals surface area contributed by atoms with E-state index in [2.05, 4.69) is 0 Å². The maximum Gasteiger partial charge on any atom is 0.339 e. The van der Waals surface area contributed by atoms with Crippen molar-refractivity contribution in [1.82, 2.24) is 0 Å². The van der Waals surface area contributed by atoms with E-state index in [-0.39, 0.29) is 34.0 Å². The summed E-state index contributed by atoms with van der Waals surface area (Å²) in [5, 5.41) is 19.1. The minimum Gasteiger partial charge on any atom is -0.507 e. The fraction of sp³-hybridized carbons (Fsp3) is 0.267. The minimum absolute atomic E-state index is 0.116. The van der Waals surface area contributed by atoms with Crippen molar-refractivity contribution in [1.29, 1.82) is 0 Å². The van der Waals surface area contributed by atoms with Crippen molar-refractivity contribution < 1.29 is 38.7 Å². The highest BCUT2D eigenvalue weighted by Gasteiger charge is 2.30. The highest BCUT2D eigenvalue weighted by Crippen LogP contribution is 2.40. The van der Waals surface area contributed by atoms with Gasteiger partial charge in [-0.3, -0.25) is 4.79 Å². The van der Waals surface area contributed by atoms with Crippen LogP contribution in [0.2, 0.25) is 0 Å². The summed E-state index contributed by atoms with van der Waals surface area (Å²) in [6, 6.07) is 15.6. The molecule has 1 aliphatic rings. The molecule has 0 saturated carbocycles. The lowest BCUT2D eigenvalue weighted by Gasteiger charge is -2.33. The molecular weight excluding hydrogens is 488 g/mol. The monoisotopic (exact) mass is 520 g/mol. The smallest absolute Gasteiger partial charge is 0.339 e. The van der Waals surface area contributed by atoms with Gasteiger partial charge in [0.25, 0.3) is 0 Å². The number of hydrogen-bond donors (Lipinski definition) is 2. The van der Waals surface area contributed by atoms with Gasteiger partial charge in [-0.15, -0.1) is 0 Å². The Balaban J connectivity index is 0.000000215. The molecule has 4 rings (SSSR count). The SMILES string of the molecule is COc1c(C(=O)O)ccc2c1CCC(C)(C)O2.COc1cc(O)c(C(=O)C=Cc2ccccc2)c(OC)c1. The number of aromatic hydroxyl groups is 1. The molecule has 0 radical (unpaired) electrons. The number of carboxylic acid groups (broad SMARTS) is 1. The Bertz CT molecular complexity index is 1330. The van der Waals surface area contributed by atoms with Crippen molar-refractivity contribution >= 4 is 17.8 Å². The number of carbonyl (C=O) groups is 2. The van der Waals surface area contributed by atoms with Gasteiger partial charge in [-0.05, 0) is 50.5 Å². The number of ether oxygens (including phenoxy) is 4. The predicted octanol–water partition coefficient (Wildman–Crippen LogP) is 5.80. The molecular formula is C30H32O8. The Morgan fingerprint density at radius 3 is 2.29 bits per heavy atom. The lowest BCUT2D eigenvalue weighted by molar-refractivity contribution is 0.0689. The molecule has 0 aliphatic carbocycles. The summed E-state index contributed by atoms with van der Waals surface area (Å²) in [4.78, 5) is 23.3. The van der Waals surface area contributed by atoms with Crippen LogP contribution in [-0.2, 0) is 6.42 Å². The summed E-state index contributed by atoms with van der Waals surface area (Å²) in [5.41, 5.74) is 1.85. The molecule has 38 heavy (non-hydrogen) atoms. The van der Waals surface area contributed by atoms with E-state index in [1.807, 2.05) is 44.2 Å². The van der Waals surface area contributed by atoms with Gasteiger partial charge in [0, 0.05) is 17.7 Å². The molecule has 3 aromatic rings. The first-order valence-corrected chi connectivity index (χ1v) is 11.9. The van der Waals surface area contributed by atoms with Crippen molar-refractivity contribution in [3.8, 4) is 28.7 Å². The second-order valence-electron chi connectivity index (χ2n) is 9.12. The van der Waals surface area contributed by atoms with Gasteiger partial charge in [-0.2, -0.15) is 0 Å². The van der Waals surface area contributed by atoms with Crippen LogP contribution in [0, 0.1) is 0 Å². The van der Waals surface area contributed by atoms with Gasteiger partial charge in [-0.1, -0.05) is 36.4 Å². The summed E-state index contributed by atoms with van der Waals surface area (Å²) in [6.07, 6.45) is 4.71. The summed E-state index contributed by atoms with van der Waals surface area (Å²) in [7, 11) is 4.40. The lowest BCUT2D eigenvalue weighted by atomic mass is 9.92. The van der Waals surface area contributed by atoms with Crippen molar-refractivity contribution in [3.63, 3.8) is 0 Å². The van der Waals surface area contributed by atoms with E-state index >= 15 is 0 Å². The fourth-order valence-electron chi connectivity index (χ4n) is 4.04. The number of phenolic OH excluding ortho intramolecular Hbond substituents is 1. The fourth-order valence-corrected chi connectivity index (χ4v) is 4.04. The van der Waals surface area contributed by atoms with E-state index in [0.717, 1.165) is 29.7 Å². The predicted molar refractivity (Wildman–Crippen MR) is 144 cm³/mol. The molecule has 200 valence electrons. The molecule has 0 atom stereocenters. The Kier molecular flexibility index (Phi) is 9.02. The number of ketones is 1. The molecule has 8 nitrogen and oxygen atoms in total. The Hall–Kier alpha value is -4.46. The van der Waals surface area contributed by atoms with Gasteiger partial charge < -0.3 is 29.2 Å². The maximum absolute atomic E-state index is 12.3. The van der Waals surface area contributed by atoms with Gasteiger partial charge in [0.15, 0.2) is 5.78 Å².